The van der Waals surface area contributed by atoms with Crippen molar-refractivity contribution in [3.63, 3.8) is 0 Å². The largest absolute Gasteiger partial charge is 0.384 e. The molecule has 0 radical (unpaired) electrons. The topological polar surface area (TPSA) is 43.3 Å². The molecule has 1 aromatic carbocycles. The molecule has 27 heavy (non-hydrogen) atoms. The molecule has 2 aliphatic heterocycles. The number of halogens is 1. The van der Waals surface area contributed by atoms with Crippen molar-refractivity contribution in [2.45, 2.75) is 13.0 Å². The maximum absolute atomic E-state index is 6.58. The van der Waals surface area contributed by atoms with Crippen LogP contribution < -0.4 is 10.2 Å². The van der Waals surface area contributed by atoms with Crippen molar-refractivity contribution < 1.29 is 4.74 Å². The lowest BCUT2D eigenvalue weighted by molar-refractivity contribution is 0.157. The van der Waals surface area contributed by atoms with Gasteiger partial charge in [0.15, 0.2) is 5.96 Å². The summed E-state index contributed by atoms with van der Waals surface area (Å²) in [6, 6.07) is 6.21. The zero-order valence-electron chi connectivity index (χ0n) is 16.7. The molecule has 3 rings (SSSR count). The summed E-state index contributed by atoms with van der Waals surface area (Å²) < 4.78 is 5.31. The summed E-state index contributed by atoms with van der Waals surface area (Å²) in [5, 5.41) is 4.35. The Balaban J connectivity index is 1.66. The molecule has 1 N–H and O–H groups in total. The van der Waals surface area contributed by atoms with Gasteiger partial charge in [0.1, 0.15) is 0 Å². The van der Waals surface area contributed by atoms with E-state index in [1.165, 1.54) is 5.69 Å². The maximum atomic E-state index is 6.58. The van der Waals surface area contributed by atoms with E-state index in [4.69, 9.17) is 16.3 Å². The Bertz CT molecular complexity index is 645. The fourth-order valence-corrected chi connectivity index (χ4v) is 4.20. The SMILES string of the molecule is CN=C(NCc1c(Cl)cccc1N1CCN(C)CC1)N1CCC(COC)C1. The number of hydrogen-bond acceptors (Lipinski definition) is 4. The number of aliphatic imine (C=N–C) groups is 1. The van der Waals surface area contributed by atoms with Crippen LogP contribution in [-0.4, -0.2) is 82.8 Å². The van der Waals surface area contributed by atoms with Gasteiger partial charge in [0.25, 0.3) is 0 Å². The van der Waals surface area contributed by atoms with Crippen LogP contribution in [-0.2, 0) is 11.3 Å². The van der Waals surface area contributed by atoms with Crippen molar-refractivity contribution in [3.8, 4) is 0 Å². The van der Waals surface area contributed by atoms with Gasteiger partial charge in [-0.25, -0.2) is 0 Å². The average molecular weight is 394 g/mol. The van der Waals surface area contributed by atoms with Gasteiger partial charge in [-0.15, -0.1) is 0 Å². The van der Waals surface area contributed by atoms with Gasteiger partial charge in [0, 0.05) is 82.2 Å². The van der Waals surface area contributed by atoms with Crippen LogP contribution in [0.3, 0.4) is 0 Å². The summed E-state index contributed by atoms with van der Waals surface area (Å²) >= 11 is 6.58. The Hall–Kier alpha value is -1.50. The number of ether oxygens (including phenoxy) is 1. The molecule has 0 aromatic heterocycles. The normalized spacial score (nSPS) is 21.8. The molecule has 1 unspecified atom stereocenters. The zero-order chi connectivity index (χ0) is 19.2. The monoisotopic (exact) mass is 393 g/mol. The number of piperazine rings is 1. The van der Waals surface area contributed by atoms with E-state index in [0.29, 0.717) is 12.5 Å². The first kappa shape index (κ1) is 20.2. The standard InChI is InChI=1S/C20H32ClN5O/c1-22-20(26-8-7-16(14-26)15-27-3)23-13-17-18(21)5-4-6-19(17)25-11-9-24(2)10-12-25/h4-6,16H,7-15H2,1-3H3,(H,22,23). The highest BCUT2D eigenvalue weighted by Gasteiger charge is 2.25. The van der Waals surface area contributed by atoms with Gasteiger partial charge < -0.3 is 24.8 Å². The Morgan fingerprint density at radius 1 is 1.26 bits per heavy atom. The summed E-state index contributed by atoms with van der Waals surface area (Å²) in [4.78, 5) is 11.6. The number of rotatable bonds is 5. The second kappa shape index (κ2) is 9.62. The number of hydrogen-bond donors (Lipinski definition) is 1. The van der Waals surface area contributed by atoms with Gasteiger partial charge in [-0.05, 0) is 25.6 Å². The predicted octanol–water partition coefficient (Wildman–Crippen LogP) is 2.14. The van der Waals surface area contributed by atoms with Gasteiger partial charge in [-0.1, -0.05) is 17.7 Å². The molecule has 2 aliphatic rings. The van der Waals surface area contributed by atoms with Crippen LogP contribution in [0.25, 0.3) is 0 Å². The Morgan fingerprint density at radius 3 is 2.74 bits per heavy atom. The first-order valence-corrected chi connectivity index (χ1v) is 10.2. The van der Waals surface area contributed by atoms with Crippen LogP contribution in [0.2, 0.25) is 5.02 Å². The smallest absolute Gasteiger partial charge is 0.193 e. The molecule has 0 bridgehead atoms. The third-order valence-electron chi connectivity index (χ3n) is 5.56. The molecular weight excluding hydrogens is 362 g/mol. The molecule has 1 aromatic rings. The molecule has 2 fully saturated rings. The number of anilines is 1. The minimum Gasteiger partial charge on any atom is -0.384 e. The highest BCUT2D eigenvalue weighted by atomic mass is 35.5. The molecule has 1 atom stereocenters. The fourth-order valence-electron chi connectivity index (χ4n) is 3.96. The lowest BCUT2D eigenvalue weighted by atomic mass is 10.1. The van der Waals surface area contributed by atoms with Crippen LogP contribution in [0.1, 0.15) is 12.0 Å². The van der Waals surface area contributed by atoms with Crippen LogP contribution in [0.4, 0.5) is 5.69 Å². The van der Waals surface area contributed by atoms with E-state index in [2.05, 4.69) is 38.1 Å². The number of guanidine groups is 1. The minimum absolute atomic E-state index is 0.578. The number of likely N-dealkylation sites (N-methyl/N-ethyl adjacent to an activating group) is 1. The van der Waals surface area contributed by atoms with E-state index < -0.39 is 0 Å². The molecule has 7 heteroatoms. The van der Waals surface area contributed by atoms with Crippen molar-refractivity contribution in [1.29, 1.82) is 0 Å². The first-order valence-electron chi connectivity index (χ1n) is 9.77. The predicted molar refractivity (Wildman–Crippen MR) is 113 cm³/mol. The Kier molecular flexibility index (Phi) is 7.21. The zero-order valence-corrected chi connectivity index (χ0v) is 17.5. The maximum Gasteiger partial charge on any atom is 0.193 e. The average Bonchev–Trinajstić information content (AvgIpc) is 3.13. The number of nitrogens with zero attached hydrogens (tertiary/aromatic N) is 4. The molecular formula is C20H32ClN5O. The van der Waals surface area contributed by atoms with Crippen LogP contribution in [0.15, 0.2) is 23.2 Å². The summed E-state index contributed by atoms with van der Waals surface area (Å²) in [5.74, 6) is 1.52. The highest BCUT2D eigenvalue weighted by molar-refractivity contribution is 6.31. The highest BCUT2D eigenvalue weighted by Crippen LogP contribution is 2.28. The number of benzene rings is 1. The minimum atomic E-state index is 0.578. The lowest BCUT2D eigenvalue weighted by Gasteiger charge is -2.35. The van der Waals surface area contributed by atoms with E-state index in [1.54, 1.807) is 7.11 Å². The van der Waals surface area contributed by atoms with Crippen molar-refractivity contribution in [3.05, 3.63) is 28.8 Å². The molecule has 0 amide bonds. The summed E-state index contributed by atoms with van der Waals surface area (Å²) in [7, 11) is 5.79. The lowest BCUT2D eigenvalue weighted by Crippen LogP contribution is -2.45. The van der Waals surface area contributed by atoms with E-state index in [9.17, 15) is 0 Å². The molecule has 6 nitrogen and oxygen atoms in total. The molecule has 150 valence electrons. The van der Waals surface area contributed by atoms with E-state index in [1.807, 2.05) is 19.2 Å². The van der Waals surface area contributed by atoms with Crippen LogP contribution in [0, 0.1) is 5.92 Å². The van der Waals surface area contributed by atoms with Crippen molar-refractivity contribution in [1.82, 2.24) is 15.1 Å². The second-order valence-electron chi connectivity index (χ2n) is 7.48. The van der Waals surface area contributed by atoms with Crippen molar-refractivity contribution >= 4 is 23.2 Å². The number of likely N-dealkylation sites (tertiary alicyclic amines) is 1. The Morgan fingerprint density at radius 2 is 2.04 bits per heavy atom. The quantitative estimate of drug-likeness (QED) is 0.613. The fraction of sp³-hybridized carbons (Fsp3) is 0.650. The summed E-state index contributed by atoms with van der Waals surface area (Å²) in [5.41, 5.74) is 2.38. The molecule has 0 spiro atoms. The first-order chi connectivity index (χ1) is 13.1. The van der Waals surface area contributed by atoms with Gasteiger partial charge in [-0.2, -0.15) is 0 Å². The van der Waals surface area contributed by atoms with Crippen LogP contribution >= 0.6 is 11.6 Å². The van der Waals surface area contributed by atoms with Crippen molar-refractivity contribution in [2.75, 3.05) is 72.0 Å². The molecule has 0 saturated carbocycles. The van der Waals surface area contributed by atoms with Gasteiger partial charge in [0.2, 0.25) is 0 Å². The van der Waals surface area contributed by atoms with Crippen molar-refractivity contribution in [2.24, 2.45) is 10.9 Å². The third kappa shape index (κ3) is 5.06. The van der Waals surface area contributed by atoms with Gasteiger partial charge in [0.05, 0.1) is 6.61 Å². The van der Waals surface area contributed by atoms with E-state index in [-0.39, 0.29) is 0 Å². The summed E-state index contributed by atoms with van der Waals surface area (Å²) in [6.07, 6.45) is 1.15. The van der Waals surface area contributed by atoms with E-state index >= 15 is 0 Å². The van der Waals surface area contributed by atoms with E-state index in [0.717, 1.165) is 68.8 Å². The number of nitrogens with one attached hydrogen (secondary N) is 1. The molecule has 2 saturated heterocycles. The third-order valence-corrected chi connectivity index (χ3v) is 5.92. The van der Waals surface area contributed by atoms with Gasteiger partial charge >= 0.3 is 0 Å². The number of methoxy groups -OCH3 is 1. The molecule has 0 aliphatic carbocycles. The summed E-state index contributed by atoms with van der Waals surface area (Å²) in [6.45, 7) is 7.71. The van der Waals surface area contributed by atoms with Crippen LogP contribution in [0.5, 0.6) is 0 Å². The van der Waals surface area contributed by atoms with Gasteiger partial charge in [-0.3, -0.25) is 4.99 Å². The second-order valence-corrected chi connectivity index (χ2v) is 7.89. The Labute approximate surface area is 168 Å². The molecule has 2 heterocycles.